The molecule has 0 radical (unpaired) electrons. The minimum atomic E-state index is -0.683. The number of nitrogen functional groups attached to an aromatic ring is 1. The maximum absolute atomic E-state index is 11.8. The van der Waals surface area contributed by atoms with Crippen LogP contribution < -0.4 is 10.5 Å². The van der Waals surface area contributed by atoms with Gasteiger partial charge >= 0.3 is 5.97 Å². The lowest BCUT2D eigenvalue weighted by atomic mass is 10.1. The molecule has 1 aliphatic carbocycles. The molecule has 1 heterocycles. The summed E-state index contributed by atoms with van der Waals surface area (Å²) in [5, 5.41) is 0.771. The van der Waals surface area contributed by atoms with Gasteiger partial charge in [0.25, 0.3) is 5.88 Å². The molecule has 0 spiro atoms. The van der Waals surface area contributed by atoms with Crippen molar-refractivity contribution >= 4 is 35.0 Å². The van der Waals surface area contributed by atoms with Crippen molar-refractivity contribution in [3.8, 4) is 17.1 Å². The smallest absolute Gasteiger partial charge is 0.359 e. The fraction of sp³-hybridized carbons (Fsp3) is 0.227. The lowest BCUT2D eigenvalue weighted by Gasteiger charge is -2.11. The van der Waals surface area contributed by atoms with Crippen LogP contribution in [0.2, 0.25) is 10.0 Å². The molecule has 3 aromatic rings. The standard InChI is InChI=1S/C13H11Cl2N3O3.C9H10/c1-20-12-11(16)17-10(13(19)21-2)9(18-12)7-4-3-6(14)5-8(7)15;1-2-5-9-7-3-6-8(9)4-1/h3-5H,1-2H3,(H2,16,17);1-2,4-5H,3,6-7H2. The van der Waals surface area contributed by atoms with E-state index in [4.69, 9.17) is 33.7 Å². The Morgan fingerprint density at radius 3 is 2.27 bits per heavy atom. The van der Waals surface area contributed by atoms with E-state index in [1.165, 1.54) is 39.5 Å². The second kappa shape index (κ2) is 9.78. The molecule has 1 aliphatic rings. The summed E-state index contributed by atoms with van der Waals surface area (Å²) in [4.78, 5) is 20.0. The number of carbonyl (C=O) groups excluding carboxylic acids is 1. The van der Waals surface area contributed by atoms with Crippen LogP contribution in [-0.2, 0) is 17.6 Å². The zero-order chi connectivity index (χ0) is 21.7. The number of aryl methyl sites for hydroxylation is 2. The van der Waals surface area contributed by atoms with E-state index in [2.05, 4.69) is 39.0 Å². The Labute approximate surface area is 185 Å². The Kier molecular flexibility index (Phi) is 7.13. The highest BCUT2D eigenvalue weighted by Crippen LogP contribution is 2.33. The van der Waals surface area contributed by atoms with Crippen LogP contribution in [0.15, 0.2) is 42.5 Å². The number of hydrogen-bond acceptors (Lipinski definition) is 6. The first-order valence-corrected chi connectivity index (χ1v) is 10.0. The number of hydrogen-bond donors (Lipinski definition) is 1. The van der Waals surface area contributed by atoms with E-state index in [0.29, 0.717) is 15.6 Å². The van der Waals surface area contributed by atoms with Gasteiger partial charge in [-0.1, -0.05) is 47.5 Å². The number of methoxy groups -OCH3 is 2. The van der Waals surface area contributed by atoms with Gasteiger partial charge in [-0.3, -0.25) is 0 Å². The summed E-state index contributed by atoms with van der Waals surface area (Å²) in [6, 6.07) is 13.5. The average molecular weight is 446 g/mol. The quantitative estimate of drug-likeness (QED) is 0.570. The van der Waals surface area contributed by atoms with Crippen molar-refractivity contribution in [2.24, 2.45) is 0 Å². The third-order valence-corrected chi connectivity index (χ3v) is 5.21. The zero-order valence-electron chi connectivity index (χ0n) is 16.6. The molecule has 2 aromatic carbocycles. The van der Waals surface area contributed by atoms with Crippen molar-refractivity contribution in [3.63, 3.8) is 0 Å². The molecule has 2 N–H and O–H groups in total. The van der Waals surface area contributed by atoms with Gasteiger partial charge in [0.2, 0.25) is 0 Å². The van der Waals surface area contributed by atoms with Gasteiger partial charge < -0.3 is 15.2 Å². The van der Waals surface area contributed by atoms with Gasteiger partial charge in [-0.25, -0.2) is 14.8 Å². The van der Waals surface area contributed by atoms with Crippen LogP contribution in [0.3, 0.4) is 0 Å². The SMILES string of the molecule is COC(=O)c1nc(N)c(OC)nc1-c1ccc(Cl)cc1Cl.c1ccc2c(c1)CCC2. The Hall–Kier alpha value is -2.83. The van der Waals surface area contributed by atoms with Crippen LogP contribution in [0.25, 0.3) is 11.3 Å². The number of benzene rings is 2. The Balaban J connectivity index is 0.000000234. The van der Waals surface area contributed by atoms with Crippen molar-refractivity contribution in [2.75, 3.05) is 20.0 Å². The molecule has 4 rings (SSSR count). The van der Waals surface area contributed by atoms with E-state index in [0.717, 1.165) is 0 Å². The van der Waals surface area contributed by atoms with Crippen LogP contribution in [0.4, 0.5) is 5.82 Å². The van der Waals surface area contributed by atoms with Gasteiger partial charge in [-0.2, -0.15) is 0 Å². The number of nitrogens with zero attached hydrogens (tertiary/aromatic N) is 2. The Bertz CT molecular complexity index is 1050. The average Bonchev–Trinajstić information content (AvgIpc) is 3.23. The molecule has 0 atom stereocenters. The van der Waals surface area contributed by atoms with Crippen molar-refractivity contribution in [1.82, 2.24) is 9.97 Å². The highest BCUT2D eigenvalue weighted by Gasteiger charge is 2.22. The van der Waals surface area contributed by atoms with E-state index in [-0.39, 0.29) is 23.1 Å². The van der Waals surface area contributed by atoms with Gasteiger partial charge in [0, 0.05) is 10.6 Å². The molecule has 8 heteroatoms. The van der Waals surface area contributed by atoms with Gasteiger partial charge in [-0.05, 0) is 48.6 Å². The lowest BCUT2D eigenvalue weighted by Crippen LogP contribution is -2.11. The molecule has 0 unspecified atom stereocenters. The number of aromatic nitrogens is 2. The topological polar surface area (TPSA) is 87.3 Å². The minimum absolute atomic E-state index is 0.0215. The molecule has 0 saturated carbocycles. The Morgan fingerprint density at radius 2 is 1.70 bits per heavy atom. The van der Waals surface area contributed by atoms with Crippen LogP contribution in [0.1, 0.15) is 28.0 Å². The predicted octanol–water partition coefficient (Wildman–Crippen LogP) is 5.00. The van der Waals surface area contributed by atoms with E-state index in [1.54, 1.807) is 23.3 Å². The van der Waals surface area contributed by atoms with E-state index < -0.39 is 5.97 Å². The number of anilines is 1. The van der Waals surface area contributed by atoms with Gasteiger partial charge in [-0.15, -0.1) is 0 Å². The van der Waals surface area contributed by atoms with Crippen molar-refractivity contribution in [2.45, 2.75) is 19.3 Å². The van der Waals surface area contributed by atoms with Crippen LogP contribution in [0, 0.1) is 0 Å². The minimum Gasteiger partial charge on any atom is -0.478 e. The van der Waals surface area contributed by atoms with Gasteiger partial charge in [0.15, 0.2) is 11.5 Å². The first-order chi connectivity index (χ1) is 14.4. The molecule has 6 nitrogen and oxygen atoms in total. The summed E-state index contributed by atoms with van der Waals surface area (Å²) in [7, 11) is 2.63. The molecule has 1 aromatic heterocycles. The number of rotatable bonds is 3. The molecule has 0 fully saturated rings. The van der Waals surface area contributed by atoms with Crippen LogP contribution in [-0.4, -0.2) is 30.2 Å². The number of esters is 1. The summed E-state index contributed by atoms with van der Waals surface area (Å²) in [5.41, 5.74) is 9.42. The van der Waals surface area contributed by atoms with Gasteiger partial charge in [0.05, 0.1) is 19.2 Å². The highest BCUT2D eigenvalue weighted by atomic mass is 35.5. The second-order valence-corrected chi connectivity index (χ2v) is 7.40. The monoisotopic (exact) mass is 445 g/mol. The third kappa shape index (κ3) is 4.83. The fourth-order valence-corrected chi connectivity index (χ4v) is 3.70. The van der Waals surface area contributed by atoms with Crippen molar-refractivity contribution in [3.05, 3.63) is 69.3 Å². The van der Waals surface area contributed by atoms with Crippen LogP contribution >= 0.6 is 23.2 Å². The molecule has 0 bridgehead atoms. The highest BCUT2D eigenvalue weighted by molar-refractivity contribution is 6.36. The van der Waals surface area contributed by atoms with Crippen molar-refractivity contribution < 1.29 is 14.3 Å². The predicted molar refractivity (Wildman–Crippen MR) is 118 cm³/mol. The number of ether oxygens (including phenoxy) is 2. The lowest BCUT2D eigenvalue weighted by molar-refractivity contribution is 0.0594. The van der Waals surface area contributed by atoms with E-state index in [9.17, 15) is 4.79 Å². The number of halogens is 2. The molecule has 0 saturated heterocycles. The summed E-state index contributed by atoms with van der Waals surface area (Å²) >= 11 is 12.0. The number of fused-ring (bicyclic) bond motifs is 1. The van der Waals surface area contributed by atoms with E-state index >= 15 is 0 Å². The largest absolute Gasteiger partial charge is 0.478 e. The molecular formula is C22H21Cl2N3O3. The molecule has 156 valence electrons. The van der Waals surface area contributed by atoms with Gasteiger partial charge in [0.1, 0.15) is 5.69 Å². The molecule has 0 amide bonds. The molecular weight excluding hydrogens is 425 g/mol. The summed E-state index contributed by atoms with van der Waals surface area (Å²) in [5.74, 6) is -0.617. The third-order valence-electron chi connectivity index (χ3n) is 4.66. The fourth-order valence-electron chi connectivity index (χ4n) is 3.21. The van der Waals surface area contributed by atoms with Crippen molar-refractivity contribution in [1.29, 1.82) is 0 Å². The summed E-state index contributed by atoms with van der Waals surface area (Å²) in [6.07, 6.45) is 3.96. The first-order valence-electron chi connectivity index (χ1n) is 9.26. The first kappa shape index (κ1) is 21.9. The summed E-state index contributed by atoms with van der Waals surface area (Å²) in [6.45, 7) is 0. The zero-order valence-corrected chi connectivity index (χ0v) is 18.1. The second-order valence-electron chi connectivity index (χ2n) is 6.55. The normalized spacial score (nSPS) is 11.9. The number of nitrogens with two attached hydrogens (primary N) is 1. The molecule has 30 heavy (non-hydrogen) atoms. The Morgan fingerprint density at radius 1 is 1.03 bits per heavy atom. The maximum Gasteiger partial charge on any atom is 0.359 e. The van der Waals surface area contributed by atoms with Crippen LogP contribution in [0.5, 0.6) is 5.88 Å². The van der Waals surface area contributed by atoms with E-state index in [1.807, 2.05) is 0 Å². The summed E-state index contributed by atoms with van der Waals surface area (Å²) < 4.78 is 9.70. The maximum atomic E-state index is 11.8. The molecule has 0 aliphatic heterocycles. The number of carbonyl (C=O) groups is 1.